The summed E-state index contributed by atoms with van der Waals surface area (Å²) in [4.78, 5) is 16.3. The number of hydrogen-bond acceptors (Lipinski definition) is 2. The second-order valence-electron chi connectivity index (χ2n) is 11.0. The lowest BCUT2D eigenvalue weighted by atomic mass is 9.49. The van der Waals surface area contributed by atoms with Gasteiger partial charge in [0, 0.05) is 13.1 Å². The van der Waals surface area contributed by atoms with Crippen molar-refractivity contribution in [2.75, 3.05) is 13.1 Å². The van der Waals surface area contributed by atoms with Crippen LogP contribution in [-0.2, 0) is 16.6 Å². The molecule has 2 aromatic rings. The minimum Gasteiger partial charge on any atom is -0.508 e. The fraction of sp³-hybridized carbons (Fsp3) is 0.552. The lowest BCUT2D eigenvalue weighted by Crippen LogP contribution is -2.56. The zero-order chi connectivity index (χ0) is 22.3. The summed E-state index contributed by atoms with van der Waals surface area (Å²) in [6.45, 7) is 6.37. The molecule has 0 bridgehead atoms. The van der Waals surface area contributed by atoms with Gasteiger partial charge < -0.3 is 10.0 Å². The third-order valence-corrected chi connectivity index (χ3v) is 9.12. The summed E-state index contributed by atoms with van der Waals surface area (Å²) in [6.07, 6.45) is 8.55. The first kappa shape index (κ1) is 21.6. The summed E-state index contributed by atoms with van der Waals surface area (Å²) < 4.78 is 0. The Kier molecular flexibility index (Phi) is 5.55. The van der Waals surface area contributed by atoms with Crippen LogP contribution >= 0.6 is 0 Å². The Morgan fingerprint density at radius 1 is 0.969 bits per heavy atom. The van der Waals surface area contributed by atoms with E-state index in [2.05, 4.69) is 55.1 Å². The molecule has 2 aromatic carbocycles. The van der Waals surface area contributed by atoms with Gasteiger partial charge in [0.1, 0.15) is 5.75 Å². The van der Waals surface area contributed by atoms with Crippen molar-refractivity contribution < 1.29 is 9.90 Å². The molecule has 1 aliphatic heterocycles. The molecule has 2 fully saturated rings. The zero-order valence-electron chi connectivity index (χ0n) is 19.6. The van der Waals surface area contributed by atoms with Gasteiger partial charge in [-0.25, -0.2) is 0 Å². The molecule has 5 rings (SSSR count). The van der Waals surface area contributed by atoms with E-state index in [-0.39, 0.29) is 10.8 Å². The maximum atomic E-state index is 14.1. The fourth-order valence-corrected chi connectivity index (χ4v) is 7.42. The molecule has 1 unspecified atom stereocenters. The Balaban J connectivity index is 1.39. The van der Waals surface area contributed by atoms with E-state index >= 15 is 0 Å². The SMILES string of the molecule is C[C@@]1(C(=O)N2CCCC(c3ccccc3)CC2)CCC[C@]2(C)c3cc(O)ccc3CC[C@@H]12. The highest BCUT2D eigenvalue weighted by Crippen LogP contribution is 2.58. The third kappa shape index (κ3) is 3.54. The fourth-order valence-electron chi connectivity index (χ4n) is 7.42. The van der Waals surface area contributed by atoms with Gasteiger partial charge in [-0.3, -0.25) is 4.79 Å². The monoisotopic (exact) mass is 431 g/mol. The predicted octanol–water partition coefficient (Wildman–Crippen LogP) is 6.20. The smallest absolute Gasteiger partial charge is 0.228 e. The number of aryl methyl sites for hydroxylation is 1. The first-order valence-electron chi connectivity index (χ1n) is 12.6. The molecule has 0 aromatic heterocycles. The molecule has 0 spiro atoms. The zero-order valence-corrected chi connectivity index (χ0v) is 19.6. The standard InChI is InChI=1S/C29H37NO2/c1-28-16-7-17-29(2,26(28)14-12-23-11-13-24(31)20-25(23)28)27(32)30-18-6-10-22(15-19-30)21-8-4-3-5-9-21/h3-5,8-9,11,13,20,22,26,31H,6-7,10,12,14-19H2,1-2H3/t22?,26-,28-,29-/m1/s1. The molecule has 3 aliphatic rings. The van der Waals surface area contributed by atoms with E-state index in [0.29, 0.717) is 23.5 Å². The molecule has 1 heterocycles. The highest BCUT2D eigenvalue weighted by atomic mass is 16.3. The lowest BCUT2D eigenvalue weighted by Gasteiger charge is -2.55. The third-order valence-electron chi connectivity index (χ3n) is 9.12. The van der Waals surface area contributed by atoms with Crippen LogP contribution in [0.25, 0.3) is 0 Å². The van der Waals surface area contributed by atoms with E-state index < -0.39 is 0 Å². The number of amides is 1. The second kappa shape index (κ2) is 8.24. The number of carbonyl (C=O) groups is 1. The molecule has 32 heavy (non-hydrogen) atoms. The van der Waals surface area contributed by atoms with Crippen molar-refractivity contribution in [2.24, 2.45) is 11.3 Å². The predicted molar refractivity (Wildman–Crippen MR) is 129 cm³/mol. The first-order chi connectivity index (χ1) is 15.4. The van der Waals surface area contributed by atoms with Gasteiger partial charge in [-0.05, 0) is 91.0 Å². The topological polar surface area (TPSA) is 40.5 Å². The molecule has 4 atom stereocenters. The quantitative estimate of drug-likeness (QED) is 0.615. The average Bonchev–Trinajstić information content (AvgIpc) is 3.06. The van der Waals surface area contributed by atoms with Crippen LogP contribution in [0.1, 0.15) is 81.4 Å². The average molecular weight is 432 g/mol. The molecule has 0 radical (unpaired) electrons. The van der Waals surface area contributed by atoms with Crippen molar-refractivity contribution >= 4 is 5.91 Å². The molecular weight excluding hydrogens is 394 g/mol. The van der Waals surface area contributed by atoms with Gasteiger partial charge in [0.25, 0.3) is 0 Å². The summed E-state index contributed by atoms with van der Waals surface area (Å²) in [5.41, 5.74) is 3.71. The van der Waals surface area contributed by atoms with Crippen LogP contribution in [0.2, 0.25) is 0 Å². The normalized spacial score (nSPS) is 32.5. The minimum atomic E-state index is -0.317. The molecule has 2 aliphatic carbocycles. The lowest BCUT2D eigenvalue weighted by molar-refractivity contribution is -0.150. The number of rotatable bonds is 2. The van der Waals surface area contributed by atoms with Crippen LogP contribution in [0, 0.1) is 11.3 Å². The molecule has 1 saturated carbocycles. The Hall–Kier alpha value is -2.29. The van der Waals surface area contributed by atoms with Crippen LogP contribution < -0.4 is 0 Å². The maximum absolute atomic E-state index is 14.1. The van der Waals surface area contributed by atoms with E-state index in [1.807, 2.05) is 12.1 Å². The number of benzene rings is 2. The van der Waals surface area contributed by atoms with Gasteiger partial charge in [-0.15, -0.1) is 0 Å². The number of likely N-dealkylation sites (tertiary alicyclic amines) is 1. The molecule has 170 valence electrons. The Morgan fingerprint density at radius 3 is 2.59 bits per heavy atom. The summed E-state index contributed by atoms with van der Waals surface area (Å²) in [7, 11) is 0. The Labute approximate surface area is 192 Å². The van der Waals surface area contributed by atoms with Gasteiger partial charge >= 0.3 is 0 Å². The summed E-state index contributed by atoms with van der Waals surface area (Å²) in [5, 5.41) is 10.2. The molecule has 1 N–H and O–H groups in total. The number of aromatic hydroxyl groups is 1. The largest absolute Gasteiger partial charge is 0.508 e. The highest BCUT2D eigenvalue weighted by Gasteiger charge is 2.55. The Bertz CT molecular complexity index is 986. The van der Waals surface area contributed by atoms with Crippen molar-refractivity contribution in [2.45, 2.75) is 76.5 Å². The van der Waals surface area contributed by atoms with Crippen molar-refractivity contribution in [3.8, 4) is 5.75 Å². The summed E-state index contributed by atoms with van der Waals surface area (Å²) in [6, 6.07) is 16.7. The van der Waals surface area contributed by atoms with Crippen LogP contribution in [-0.4, -0.2) is 29.0 Å². The number of phenolic OH excluding ortho intramolecular Hbond substituents is 1. The minimum absolute atomic E-state index is 0.0343. The van der Waals surface area contributed by atoms with E-state index in [9.17, 15) is 9.90 Å². The van der Waals surface area contributed by atoms with Crippen molar-refractivity contribution in [1.82, 2.24) is 4.90 Å². The maximum Gasteiger partial charge on any atom is 0.228 e. The van der Waals surface area contributed by atoms with Gasteiger partial charge in [0.2, 0.25) is 5.91 Å². The van der Waals surface area contributed by atoms with E-state index in [1.165, 1.54) is 16.7 Å². The van der Waals surface area contributed by atoms with Crippen molar-refractivity contribution in [3.63, 3.8) is 0 Å². The summed E-state index contributed by atoms with van der Waals surface area (Å²) >= 11 is 0. The number of fused-ring (bicyclic) bond motifs is 3. The van der Waals surface area contributed by atoms with Gasteiger partial charge in [0.05, 0.1) is 5.41 Å². The van der Waals surface area contributed by atoms with E-state index in [0.717, 1.165) is 64.5 Å². The summed E-state index contributed by atoms with van der Waals surface area (Å²) in [5.74, 6) is 1.62. The molecular formula is C29H37NO2. The Morgan fingerprint density at radius 2 is 1.78 bits per heavy atom. The molecule has 1 saturated heterocycles. The molecule has 3 heteroatoms. The van der Waals surface area contributed by atoms with Crippen LogP contribution in [0.15, 0.2) is 48.5 Å². The number of nitrogens with zero attached hydrogens (tertiary/aromatic N) is 1. The van der Waals surface area contributed by atoms with Crippen LogP contribution in [0.4, 0.5) is 0 Å². The molecule has 3 nitrogen and oxygen atoms in total. The highest BCUT2D eigenvalue weighted by molar-refractivity contribution is 5.83. The molecule has 1 amide bonds. The van der Waals surface area contributed by atoms with Crippen molar-refractivity contribution in [3.05, 3.63) is 65.2 Å². The van der Waals surface area contributed by atoms with Gasteiger partial charge in [0.15, 0.2) is 0 Å². The number of carbonyl (C=O) groups excluding carboxylic acids is 1. The second-order valence-corrected chi connectivity index (χ2v) is 11.0. The van der Waals surface area contributed by atoms with E-state index in [4.69, 9.17) is 0 Å². The van der Waals surface area contributed by atoms with Gasteiger partial charge in [-0.1, -0.05) is 56.7 Å². The van der Waals surface area contributed by atoms with Gasteiger partial charge in [-0.2, -0.15) is 0 Å². The van der Waals surface area contributed by atoms with E-state index in [1.54, 1.807) is 0 Å². The van der Waals surface area contributed by atoms with Crippen molar-refractivity contribution in [1.29, 1.82) is 0 Å². The number of phenols is 1. The van der Waals surface area contributed by atoms with Crippen LogP contribution in [0.5, 0.6) is 5.75 Å². The van der Waals surface area contributed by atoms with Crippen LogP contribution in [0.3, 0.4) is 0 Å². The first-order valence-corrected chi connectivity index (χ1v) is 12.6. The number of hydrogen-bond donors (Lipinski definition) is 1.